The molecule has 0 fully saturated rings. The van der Waals surface area contributed by atoms with E-state index in [0.717, 1.165) is 0 Å². The van der Waals surface area contributed by atoms with Gasteiger partial charge in [-0.3, -0.25) is 19.2 Å². The number of esters is 4. The largest absolute Gasteiger partial charge is 0.459 e. The number of hydrogen-bond acceptors (Lipinski definition) is 9. The van der Waals surface area contributed by atoms with Crippen molar-refractivity contribution in [2.45, 2.75) is 72.1 Å². The van der Waals surface area contributed by atoms with Crippen LogP contribution in [0, 0.1) is 0 Å². The molecule has 0 saturated carbocycles. The van der Waals surface area contributed by atoms with Gasteiger partial charge in [0, 0.05) is 20.3 Å². The molecule has 0 unspecified atom stereocenters. The van der Waals surface area contributed by atoms with Crippen molar-refractivity contribution in [2.24, 2.45) is 5.73 Å². The summed E-state index contributed by atoms with van der Waals surface area (Å²) in [5, 5.41) is 0. The van der Waals surface area contributed by atoms with Gasteiger partial charge in [0.1, 0.15) is 18.2 Å². The van der Waals surface area contributed by atoms with Gasteiger partial charge in [-0.1, -0.05) is 13.0 Å². The SMILES string of the molecule is CCCC(=O)O[C@@H](C)[C@H](C)OC(=O)[C@@H](N)Cc1ccc(OC(C)=O)c(OC(C)=O)c1. The van der Waals surface area contributed by atoms with Crippen LogP contribution in [0.15, 0.2) is 18.2 Å². The van der Waals surface area contributed by atoms with Crippen molar-refractivity contribution in [3.8, 4) is 11.5 Å². The van der Waals surface area contributed by atoms with Gasteiger partial charge < -0.3 is 24.7 Å². The fourth-order valence-electron chi connectivity index (χ4n) is 2.42. The molecule has 1 aromatic carbocycles. The number of carbonyl (C=O) groups is 4. The third kappa shape index (κ3) is 8.60. The van der Waals surface area contributed by atoms with Crippen LogP contribution in [0.5, 0.6) is 11.5 Å². The van der Waals surface area contributed by atoms with Gasteiger partial charge in [-0.2, -0.15) is 0 Å². The first-order valence-corrected chi connectivity index (χ1v) is 9.68. The lowest BCUT2D eigenvalue weighted by molar-refractivity contribution is -0.166. The Hall–Kier alpha value is -2.94. The Morgan fingerprint density at radius 2 is 1.50 bits per heavy atom. The average molecular weight is 423 g/mol. The van der Waals surface area contributed by atoms with Crippen molar-refractivity contribution in [3.05, 3.63) is 23.8 Å². The Balaban J connectivity index is 2.77. The van der Waals surface area contributed by atoms with Crippen LogP contribution in [0.4, 0.5) is 0 Å². The second-order valence-corrected chi connectivity index (χ2v) is 6.87. The van der Waals surface area contributed by atoms with Crippen LogP contribution in [-0.2, 0) is 35.1 Å². The third-order valence-corrected chi connectivity index (χ3v) is 4.01. The zero-order valence-electron chi connectivity index (χ0n) is 17.9. The van der Waals surface area contributed by atoms with Gasteiger partial charge in [-0.15, -0.1) is 0 Å². The molecule has 1 aromatic rings. The summed E-state index contributed by atoms with van der Waals surface area (Å²) >= 11 is 0. The van der Waals surface area contributed by atoms with Crippen LogP contribution in [0.25, 0.3) is 0 Å². The van der Waals surface area contributed by atoms with Crippen molar-refractivity contribution >= 4 is 23.9 Å². The van der Waals surface area contributed by atoms with E-state index >= 15 is 0 Å². The number of nitrogens with two attached hydrogens (primary N) is 1. The third-order valence-electron chi connectivity index (χ3n) is 4.01. The summed E-state index contributed by atoms with van der Waals surface area (Å²) in [7, 11) is 0. The van der Waals surface area contributed by atoms with E-state index in [-0.39, 0.29) is 23.9 Å². The molecule has 0 aliphatic carbocycles. The summed E-state index contributed by atoms with van der Waals surface area (Å²) in [6.07, 6.45) is -0.245. The molecule has 0 heterocycles. The molecule has 0 radical (unpaired) electrons. The number of carbonyl (C=O) groups excluding carboxylic acids is 4. The van der Waals surface area contributed by atoms with Gasteiger partial charge in [0.05, 0.1) is 0 Å². The van der Waals surface area contributed by atoms with Crippen molar-refractivity contribution in [3.63, 3.8) is 0 Å². The summed E-state index contributed by atoms with van der Waals surface area (Å²) in [6.45, 7) is 7.54. The van der Waals surface area contributed by atoms with Crippen LogP contribution in [0.2, 0.25) is 0 Å². The minimum Gasteiger partial charge on any atom is -0.459 e. The molecule has 9 heteroatoms. The highest BCUT2D eigenvalue weighted by atomic mass is 16.6. The molecule has 9 nitrogen and oxygen atoms in total. The predicted octanol–water partition coefficient (Wildman–Crippen LogP) is 2.07. The van der Waals surface area contributed by atoms with E-state index in [4.69, 9.17) is 24.7 Å². The standard InChI is InChI=1S/C21H29NO8/c1-6-7-20(25)27-12(2)13(3)28-21(26)17(22)10-16-8-9-18(29-14(4)23)19(11-16)30-15(5)24/h8-9,11-13,17H,6-7,10,22H2,1-5H3/t12-,13-,17-/m0/s1. The first-order valence-electron chi connectivity index (χ1n) is 9.68. The van der Waals surface area contributed by atoms with E-state index in [1.807, 2.05) is 6.92 Å². The highest BCUT2D eigenvalue weighted by molar-refractivity contribution is 5.77. The molecule has 0 amide bonds. The predicted molar refractivity (Wildman–Crippen MR) is 107 cm³/mol. The molecule has 0 spiro atoms. The maximum absolute atomic E-state index is 12.3. The van der Waals surface area contributed by atoms with E-state index in [1.54, 1.807) is 19.9 Å². The van der Waals surface area contributed by atoms with Gasteiger partial charge in [-0.25, -0.2) is 0 Å². The number of rotatable bonds is 10. The smallest absolute Gasteiger partial charge is 0.323 e. The van der Waals surface area contributed by atoms with Gasteiger partial charge in [-0.05, 0) is 44.4 Å². The number of ether oxygens (including phenoxy) is 4. The molecule has 3 atom stereocenters. The Morgan fingerprint density at radius 3 is 2.07 bits per heavy atom. The lowest BCUT2D eigenvalue weighted by Crippen LogP contribution is -2.39. The molecule has 0 bridgehead atoms. The van der Waals surface area contributed by atoms with Gasteiger partial charge >= 0.3 is 23.9 Å². The zero-order valence-corrected chi connectivity index (χ0v) is 17.9. The average Bonchev–Trinajstić information content (AvgIpc) is 2.62. The van der Waals surface area contributed by atoms with E-state index in [9.17, 15) is 19.2 Å². The van der Waals surface area contributed by atoms with Crippen molar-refractivity contribution in [1.82, 2.24) is 0 Å². The van der Waals surface area contributed by atoms with Gasteiger partial charge in [0.2, 0.25) is 0 Å². The summed E-state index contributed by atoms with van der Waals surface area (Å²) in [4.78, 5) is 46.4. The first-order chi connectivity index (χ1) is 14.0. The van der Waals surface area contributed by atoms with Crippen molar-refractivity contribution in [1.29, 1.82) is 0 Å². The second-order valence-electron chi connectivity index (χ2n) is 6.87. The van der Waals surface area contributed by atoms with Crippen LogP contribution in [0.1, 0.15) is 53.0 Å². The maximum atomic E-state index is 12.3. The second kappa shape index (κ2) is 11.9. The molecule has 2 N–H and O–H groups in total. The normalized spacial score (nSPS) is 13.5. The lowest BCUT2D eigenvalue weighted by atomic mass is 10.1. The monoisotopic (exact) mass is 423 g/mol. The Kier molecular flexibility index (Phi) is 9.97. The summed E-state index contributed by atoms with van der Waals surface area (Å²) < 4.78 is 20.6. The molecule has 166 valence electrons. The highest BCUT2D eigenvalue weighted by Gasteiger charge is 2.24. The first kappa shape index (κ1) is 25.1. The fourth-order valence-corrected chi connectivity index (χ4v) is 2.42. The van der Waals surface area contributed by atoms with Crippen LogP contribution >= 0.6 is 0 Å². The quantitative estimate of drug-likeness (QED) is 0.444. The molecular weight excluding hydrogens is 394 g/mol. The summed E-state index contributed by atoms with van der Waals surface area (Å²) in [5.41, 5.74) is 6.51. The lowest BCUT2D eigenvalue weighted by Gasteiger charge is -2.22. The van der Waals surface area contributed by atoms with Gasteiger partial charge in [0.15, 0.2) is 11.5 Å². The van der Waals surface area contributed by atoms with Crippen LogP contribution in [0.3, 0.4) is 0 Å². The maximum Gasteiger partial charge on any atom is 0.323 e. The van der Waals surface area contributed by atoms with Crippen LogP contribution < -0.4 is 15.2 Å². The topological polar surface area (TPSA) is 131 Å². The van der Waals surface area contributed by atoms with E-state index in [1.165, 1.54) is 26.0 Å². The minimum absolute atomic E-state index is 0.0422. The summed E-state index contributed by atoms with van der Waals surface area (Å²) in [5.74, 6) is -2.07. The zero-order chi connectivity index (χ0) is 22.8. The van der Waals surface area contributed by atoms with Crippen LogP contribution in [-0.4, -0.2) is 42.1 Å². The van der Waals surface area contributed by atoms with E-state index < -0.39 is 36.2 Å². The molecule has 0 aromatic heterocycles. The minimum atomic E-state index is -1.00. The van der Waals surface area contributed by atoms with E-state index in [0.29, 0.717) is 18.4 Å². The Morgan fingerprint density at radius 1 is 0.933 bits per heavy atom. The van der Waals surface area contributed by atoms with E-state index in [2.05, 4.69) is 0 Å². The van der Waals surface area contributed by atoms with Gasteiger partial charge in [0.25, 0.3) is 0 Å². The molecule has 0 saturated heterocycles. The molecule has 30 heavy (non-hydrogen) atoms. The van der Waals surface area contributed by atoms with Crippen molar-refractivity contribution in [2.75, 3.05) is 0 Å². The molecular formula is C21H29NO8. The number of hydrogen-bond donors (Lipinski definition) is 1. The Bertz CT molecular complexity index is 776. The molecule has 0 aliphatic rings. The molecule has 0 aliphatic heterocycles. The number of benzene rings is 1. The fraction of sp³-hybridized carbons (Fsp3) is 0.524. The summed E-state index contributed by atoms with van der Waals surface area (Å²) in [6, 6.07) is 3.50. The van der Waals surface area contributed by atoms with Crippen molar-refractivity contribution < 1.29 is 38.1 Å². The Labute approximate surface area is 175 Å². The highest BCUT2D eigenvalue weighted by Crippen LogP contribution is 2.29. The molecule has 1 rings (SSSR count).